The summed E-state index contributed by atoms with van der Waals surface area (Å²) in [6.45, 7) is 4.34. The third kappa shape index (κ3) is 6.41. The summed E-state index contributed by atoms with van der Waals surface area (Å²) < 4.78 is 5.22. The molecule has 1 heterocycles. The van der Waals surface area contributed by atoms with Crippen LogP contribution in [0.2, 0.25) is 0 Å². The third-order valence-corrected chi connectivity index (χ3v) is 3.27. The summed E-state index contributed by atoms with van der Waals surface area (Å²) in [5, 5.41) is 0. The van der Waals surface area contributed by atoms with Crippen molar-refractivity contribution >= 4 is 24.4 Å². The van der Waals surface area contributed by atoms with E-state index in [1.54, 1.807) is 0 Å². The predicted octanol–water partition coefficient (Wildman–Crippen LogP) is 4.10. The number of hydrogen-bond acceptors (Lipinski definition) is 1. The van der Waals surface area contributed by atoms with Gasteiger partial charge in [0.05, 0.1) is 12.4 Å². The molecule has 0 aromatic heterocycles. The summed E-state index contributed by atoms with van der Waals surface area (Å²) >= 11 is 0. The number of unbranched alkanes of at least 4 members (excludes halogenated alkanes) is 4. The van der Waals surface area contributed by atoms with Crippen LogP contribution in [0.25, 0.3) is 0 Å². The number of nitrogens with zero attached hydrogens (tertiary/aromatic N) is 2. The van der Waals surface area contributed by atoms with Gasteiger partial charge in [-0.2, -0.15) is 9.98 Å². The van der Waals surface area contributed by atoms with Crippen molar-refractivity contribution in [1.82, 2.24) is 0 Å². The Morgan fingerprint density at radius 2 is 1.58 bits per heavy atom. The number of carbonyl (C=O) groups is 1. The lowest BCUT2D eigenvalue weighted by Gasteiger charge is -2.06. The smallest absolute Gasteiger partial charge is 0.231 e. The molecular weight excluding hydrogens is 240 g/mol. The first-order valence-corrected chi connectivity index (χ1v) is 7.43. The molecule has 19 heavy (non-hydrogen) atoms. The van der Waals surface area contributed by atoms with Gasteiger partial charge in [0.2, 0.25) is 0 Å². The predicted molar refractivity (Wildman–Crippen MR) is 79.2 cm³/mol. The van der Waals surface area contributed by atoms with Gasteiger partial charge in [-0.3, -0.25) is 0 Å². The third-order valence-electron chi connectivity index (χ3n) is 3.27. The van der Waals surface area contributed by atoms with Crippen LogP contribution in [-0.4, -0.2) is 24.4 Å². The number of urea groups is 1. The lowest BCUT2D eigenvalue weighted by atomic mass is 9.95. The van der Waals surface area contributed by atoms with Crippen molar-refractivity contribution in [3.63, 3.8) is 0 Å². The van der Waals surface area contributed by atoms with Crippen molar-refractivity contribution in [1.29, 1.82) is 0 Å². The Balaban J connectivity index is 2.49. The summed E-state index contributed by atoms with van der Waals surface area (Å²) in [5.41, 5.74) is 0. The van der Waals surface area contributed by atoms with Crippen LogP contribution < -0.4 is 0 Å². The first-order valence-electron chi connectivity index (χ1n) is 7.43. The van der Waals surface area contributed by atoms with E-state index in [0.29, 0.717) is 0 Å². The number of amides is 2. The molecule has 1 aliphatic heterocycles. The van der Waals surface area contributed by atoms with E-state index in [9.17, 15) is 4.79 Å². The van der Waals surface area contributed by atoms with Gasteiger partial charge in [-0.25, -0.2) is 4.42 Å². The van der Waals surface area contributed by atoms with Gasteiger partial charge in [0.1, 0.15) is 5.92 Å². The molecule has 0 atom stereocenters. The number of rotatable bonds is 9. The second kappa shape index (κ2) is 9.59. The van der Waals surface area contributed by atoms with Crippen LogP contribution in [0.5, 0.6) is 0 Å². The number of hydrogen-bond donors (Lipinski definition) is 0. The Morgan fingerprint density at radius 3 is 2.05 bits per heavy atom. The number of aliphatic imine (C=N–C) groups is 2. The second-order valence-electron chi connectivity index (χ2n) is 4.95. The minimum absolute atomic E-state index is 0.00315. The molecule has 0 N–H and O–H groups in total. The molecule has 0 unspecified atom stereocenters. The fourth-order valence-electron chi connectivity index (χ4n) is 2.12. The molecule has 4 heteroatoms. The molecule has 0 fully saturated rings. The van der Waals surface area contributed by atoms with Gasteiger partial charge in [0.15, 0.2) is 0 Å². The Kier molecular flexibility index (Phi) is 7.94. The second-order valence-corrected chi connectivity index (χ2v) is 4.95. The maximum Gasteiger partial charge on any atom is 0.586 e. The molecule has 0 saturated heterocycles. The van der Waals surface area contributed by atoms with Crippen LogP contribution in [0, 0.1) is 5.92 Å². The van der Waals surface area contributed by atoms with Gasteiger partial charge < -0.3 is 0 Å². The van der Waals surface area contributed by atoms with Gasteiger partial charge in [-0.05, 0) is 12.8 Å². The lowest BCUT2D eigenvalue weighted by molar-refractivity contribution is -0.197. The topological polar surface area (TPSA) is 53.1 Å². The van der Waals surface area contributed by atoms with Crippen LogP contribution in [0.4, 0.5) is 4.42 Å². The maximum absolute atomic E-state index is 12.1. The van der Waals surface area contributed by atoms with Crippen LogP contribution in [0.15, 0.2) is 9.98 Å². The van der Waals surface area contributed by atoms with E-state index in [1.807, 2.05) is 0 Å². The molecular formula is C15H25N2O2+. The first-order chi connectivity index (χ1) is 9.27. The fraction of sp³-hybridized carbons (Fsp3) is 0.733. The average molecular weight is 265 g/mol. The molecule has 4 nitrogen and oxygen atoms in total. The van der Waals surface area contributed by atoms with Crippen molar-refractivity contribution in [2.45, 2.75) is 65.2 Å². The van der Waals surface area contributed by atoms with Crippen molar-refractivity contribution in [3.05, 3.63) is 0 Å². The molecule has 2 amide bonds. The minimum Gasteiger partial charge on any atom is -0.231 e. The van der Waals surface area contributed by atoms with E-state index < -0.39 is 0 Å². The van der Waals surface area contributed by atoms with E-state index >= 15 is 0 Å². The highest BCUT2D eigenvalue weighted by Crippen LogP contribution is 2.21. The molecule has 0 radical (unpaired) electrons. The molecule has 0 aromatic carbocycles. The number of carbonyl (C=O) groups excluding carboxylic acids is 2. The van der Waals surface area contributed by atoms with Crippen molar-refractivity contribution in [2.24, 2.45) is 15.9 Å². The van der Waals surface area contributed by atoms with Crippen LogP contribution in [0.3, 0.4) is 0 Å². The molecule has 0 spiro atoms. The standard InChI is InChI=1S/C15H25N2O2/c1-3-5-7-9-13(10-8-6-4-2)14(18)19-15-16-11-12-17-15/h11-13H,3-10H2,1-2H3/q+1. The first kappa shape index (κ1) is 15.7. The summed E-state index contributed by atoms with van der Waals surface area (Å²) in [6.07, 6.45) is 11.8. The maximum atomic E-state index is 12.1. The van der Waals surface area contributed by atoms with Crippen LogP contribution >= 0.6 is 0 Å². The lowest BCUT2D eigenvalue weighted by Crippen LogP contribution is -2.12. The summed E-state index contributed by atoms with van der Waals surface area (Å²) in [6, 6.07) is 0.181. The van der Waals surface area contributed by atoms with Gasteiger partial charge in [0, 0.05) is 4.79 Å². The normalized spacial score (nSPS) is 13.5. The minimum atomic E-state index is -0.168. The van der Waals surface area contributed by atoms with E-state index in [1.165, 1.54) is 38.1 Å². The average Bonchev–Trinajstić information content (AvgIpc) is 2.90. The highest BCUT2D eigenvalue weighted by molar-refractivity contribution is 6.25. The van der Waals surface area contributed by atoms with Crippen LogP contribution in [-0.2, 0) is 4.79 Å². The van der Waals surface area contributed by atoms with Crippen molar-refractivity contribution in [3.8, 4) is 0 Å². The van der Waals surface area contributed by atoms with Crippen molar-refractivity contribution in [2.75, 3.05) is 0 Å². The van der Waals surface area contributed by atoms with E-state index in [4.69, 9.17) is 4.42 Å². The van der Waals surface area contributed by atoms with E-state index in [2.05, 4.69) is 23.8 Å². The van der Waals surface area contributed by atoms with Gasteiger partial charge in [0.25, 0.3) is 0 Å². The summed E-state index contributed by atoms with van der Waals surface area (Å²) in [4.78, 5) is 19.9. The van der Waals surface area contributed by atoms with E-state index in [-0.39, 0.29) is 17.9 Å². The van der Waals surface area contributed by atoms with Gasteiger partial charge in [-0.1, -0.05) is 52.4 Å². The summed E-state index contributed by atoms with van der Waals surface area (Å²) in [5.74, 6) is -0.171. The summed E-state index contributed by atoms with van der Waals surface area (Å²) in [7, 11) is 0. The van der Waals surface area contributed by atoms with Crippen molar-refractivity contribution < 1.29 is 9.22 Å². The van der Waals surface area contributed by atoms with Gasteiger partial charge in [-0.15, -0.1) is 0 Å². The zero-order valence-electron chi connectivity index (χ0n) is 12.1. The largest absolute Gasteiger partial charge is 0.586 e. The molecule has 0 saturated carbocycles. The Morgan fingerprint density at radius 1 is 1.05 bits per heavy atom. The van der Waals surface area contributed by atoms with Crippen LogP contribution in [0.1, 0.15) is 65.2 Å². The zero-order valence-corrected chi connectivity index (χ0v) is 12.1. The highest BCUT2D eigenvalue weighted by Gasteiger charge is 2.30. The Labute approximate surface area is 115 Å². The molecule has 1 rings (SSSR count). The molecule has 0 aromatic rings. The molecule has 1 aliphatic rings. The SMILES string of the molecule is CCCCCC(CCCCC)C(=O)[O+]=C1N=CC=N1. The zero-order chi connectivity index (χ0) is 13.9. The Hall–Kier alpha value is -1.32. The van der Waals surface area contributed by atoms with E-state index in [0.717, 1.165) is 25.7 Å². The Bertz CT molecular complexity index is 335. The molecule has 106 valence electrons. The quantitative estimate of drug-likeness (QED) is 0.457. The fourth-order valence-corrected chi connectivity index (χ4v) is 2.12. The molecule has 0 aliphatic carbocycles. The molecule has 0 bridgehead atoms. The van der Waals surface area contributed by atoms with Gasteiger partial charge >= 0.3 is 12.0 Å². The highest BCUT2D eigenvalue weighted by atomic mass is 16.5. The monoisotopic (exact) mass is 265 g/mol.